The maximum Gasteiger partial charge on any atom is 0.244 e. The number of sulfonamides is 1. The fourth-order valence-electron chi connectivity index (χ4n) is 2.34. The molecule has 0 spiro atoms. The third-order valence-corrected chi connectivity index (χ3v) is 5.91. The molecule has 0 saturated carbocycles. The Morgan fingerprint density at radius 1 is 1.07 bits per heavy atom. The zero-order chi connectivity index (χ0) is 19.9. The quantitative estimate of drug-likeness (QED) is 0.662. The van der Waals surface area contributed by atoms with Crippen LogP contribution in [0.25, 0.3) is 0 Å². The summed E-state index contributed by atoms with van der Waals surface area (Å²) >= 11 is 1.44. The lowest BCUT2D eigenvalue weighted by molar-refractivity contribution is -0.122. The molecule has 27 heavy (non-hydrogen) atoms. The number of carbonyl (C=O) groups is 1. The molecule has 0 fully saturated rings. The monoisotopic (exact) mass is 414 g/mol. The van der Waals surface area contributed by atoms with Gasteiger partial charge in [0.25, 0.3) is 0 Å². The second kappa shape index (κ2) is 9.82. The van der Waals surface area contributed by atoms with E-state index < -0.39 is 38.5 Å². The topological polar surface area (TPSA) is 75.3 Å². The van der Waals surface area contributed by atoms with E-state index in [-0.39, 0.29) is 18.5 Å². The van der Waals surface area contributed by atoms with E-state index in [2.05, 4.69) is 10.0 Å². The fourth-order valence-corrected chi connectivity index (χ4v) is 4.12. The zero-order valence-corrected chi connectivity index (χ0v) is 16.2. The van der Waals surface area contributed by atoms with Crippen molar-refractivity contribution in [1.29, 1.82) is 0 Å². The summed E-state index contributed by atoms with van der Waals surface area (Å²) in [7, 11) is -4.23. The summed E-state index contributed by atoms with van der Waals surface area (Å²) in [5, 5.41) is 2.53. The molecule has 2 aromatic carbocycles. The van der Waals surface area contributed by atoms with Crippen LogP contribution >= 0.6 is 11.8 Å². The minimum Gasteiger partial charge on any atom is -0.351 e. The Morgan fingerprint density at radius 3 is 2.33 bits per heavy atom. The van der Waals surface area contributed by atoms with Crippen LogP contribution in [0.4, 0.5) is 8.78 Å². The summed E-state index contributed by atoms with van der Waals surface area (Å²) < 4.78 is 54.7. The van der Waals surface area contributed by atoms with Gasteiger partial charge in [0.15, 0.2) is 0 Å². The van der Waals surface area contributed by atoms with E-state index in [0.29, 0.717) is 5.75 Å². The van der Waals surface area contributed by atoms with Crippen molar-refractivity contribution in [3.05, 3.63) is 65.7 Å². The lowest BCUT2D eigenvalue weighted by atomic mass is 10.2. The van der Waals surface area contributed by atoms with Gasteiger partial charge in [-0.05, 0) is 36.6 Å². The van der Waals surface area contributed by atoms with E-state index in [9.17, 15) is 22.0 Å². The van der Waals surface area contributed by atoms with Crippen molar-refractivity contribution < 1.29 is 22.0 Å². The molecule has 2 N–H and O–H groups in total. The Bertz CT molecular complexity index is 892. The number of thioether (sulfide) groups is 1. The third-order valence-electron chi connectivity index (χ3n) is 3.76. The number of hydrogen-bond donors (Lipinski definition) is 2. The molecule has 2 aromatic rings. The lowest BCUT2D eigenvalue weighted by Crippen LogP contribution is -2.47. The molecule has 9 heteroatoms. The van der Waals surface area contributed by atoms with Crippen LogP contribution in [0.5, 0.6) is 0 Å². The molecule has 0 aliphatic heterocycles. The van der Waals surface area contributed by atoms with E-state index >= 15 is 0 Å². The second-order valence-electron chi connectivity index (χ2n) is 5.69. The maximum absolute atomic E-state index is 13.8. The van der Waals surface area contributed by atoms with Gasteiger partial charge in [-0.1, -0.05) is 30.3 Å². The summed E-state index contributed by atoms with van der Waals surface area (Å²) in [6.07, 6.45) is 2.03. The molecule has 0 aromatic heterocycles. The molecule has 1 unspecified atom stereocenters. The van der Waals surface area contributed by atoms with Gasteiger partial charge in [-0.25, -0.2) is 17.2 Å². The summed E-state index contributed by atoms with van der Waals surface area (Å²) in [5.74, 6) is -1.46. The molecule has 0 radical (unpaired) electrons. The fraction of sp³-hybridized carbons (Fsp3) is 0.278. The zero-order valence-electron chi connectivity index (χ0n) is 14.6. The first-order chi connectivity index (χ1) is 12.8. The number of benzene rings is 2. The number of halogens is 2. The van der Waals surface area contributed by atoms with E-state index in [1.807, 2.05) is 6.26 Å². The summed E-state index contributed by atoms with van der Waals surface area (Å²) in [6.45, 7) is -0.0807. The molecule has 0 saturated heterocycles. The molecule has 1 atom stereocenters. The number of hydrogen-bond acceptors (Lipinski definition) is 4. The SMILES string of the molecule is CSCCC(NS(=O)(=O)c1ccccc1F)C(=O)NCc1ccccc1F. The molecule has 146 valence electrons. The molecule has 0 heterocycles. The van der Waals surface area contributed by atoms with Crippen LogP contribution in [0.2, 0.25) is 0 Å². The Morgan fingerprint density at radius 2 is 1.70 bits per heavy atom. The molecule has 0 bridgehead atoms. The highest BCUT2D eigenvalue weighted by atomic mass is 32.2. The lowest BCUT2D eigenvalue weighted by Gasteiger charge is -2.18. The largest absolute Gasteiger partial charge is 0.351 e. The van der Waals surface area contributed by atoms with Gasteiger partial charge in [0.05, 0.1) is 0 Å². The molecular formula is C18H20F2N2O3S2. The van der Waals surface area contributed by atoms with Crippen molar-refractivity contribution in [3.63, 3.8) is 0 Å². The average molecular weight is 414 g/mol. The van der Waals surface area contributed by atoms with Crippen molar-refractivity contribution in [1.82, 2.24) is 10.0 Å². The normalized spacial score (nSPS) is 12.6. The molecular weight excluding hydrogens is 394 g/mol. The molecule has 5 nitrogen and oxygen atoms in total. The van der Waals surface area contributed by atoms with Gasteiger partial charge in [-0.15, -0.1) is 0 Å². The minimum absolute atomic E-state index is 0.0807. The Balaban J connectivity index is 2.13. The maximum atomic E-state index is 13.8. The highest BCUT2D eigenvalue weighted by Gasteiger charge is 2.27. The smallest absolute Gasteiger partial charge is 0.244 e. The van der Waals surface area contributed by atoms with Crippen LogP contribution in [0.15, 0.2) is 53.4 Å². The van der Waals surface area contributed by atoms with Gasteiger partial charge >= 0.3 is 0 Å². The van der Waals surface area contributed by atoms with Crippen molar-refractivity contribution in [3.8, 4) is 0 Å². The van der Waals surface area contributed by atoms with Crippen LogP contribution in [0.3, 0.4) is 0 Å². The minimum atomic E-state index is -4.23. The Labute approximate surface area is 161 Å². The van der Waals surface area contributed by atoms with Crippen molar-refractivity contribution in [2.75, 3.05) is 12.0 Å². The summed E-state index contributed by atoms with van der Waals surface area (Å²) in [5.41, 5.74) is 0.284. The molecule has 1 amide bonds. The second-order valence-corrected chi connectivity index (χ2v) is 8.36. The predicted molar refractivity (Wildman–Crippen MR) is 102 cm³/mol. The van der Waals surface area contributed by atoms with Crippen molar-refractivity contribution in [2.24, 2.45) is 0 Å². The van der Waals surface area contributed by atoms with Gasteiger partial charge in [-0.3, -0.25) is 4.79 Å². The van der Waals surface area contributed by atoms with E-state index in [1.54, 1.807) is 6.07 Å². The summed E-state index contributed by atoms with van der Waals surface area (Å²) in [6, 6.07) is 9.79. The highest BCUT2D eigenvalue weighted by Crippen LogP contribution is 2.15. The van der Waals surface area contributed by atoms with Crippen LogP contribution in [0.1, 0.15) is 12.0 Å². The van der Waals surface area contributed by atoms with E-state index in [1.165, 1.54) is 42.1 Å². The van der Waals surface area contributed by atoms with Crippen LogP contribution in [0, 0.1) is 11.6 Å². The van der Waals surface area contributed by atoms with Crippen LogP contribution in [-0.4, -0.2) is 32.4 Å². The van der Waals surface area contributed by atoms with Crippen molar-refractivity contribution in [2.45, 2.75) is 23.9 Å². The predicted octanol–water partition coefficient (Wildman–Crippen LogP) is 2.68. The van der Waals surface area contributed by atoms with Crippen LogP contribution < -0.4 is 10.0 Å². The Hall–Kier alpha value is -1.97. The Kier molecular flexibility index (Phi) is 7.76. The van der Waals surface area contributed by atoms with Gasteiger partial charge in [0.1, 0.15) is 22.6 Å². The first kappa shape index (κ1) is 21.3. The highest BCUT2D eigenvalue weighted by molar-refractivity contribution is 7.98. The molecule has 2 rings (SSSR count). The van der Waals surface area contributed by atoms with Crippen molar-refractivity contribution >= 4 is 27.7 Å². The van der Waals surface area contributed by atoms with Gasteiger partial charge in [0, 0.05) is 12.1 Å². The number of amides is 1. The number of rotatable bonds is 9. The molecule has 0 aliphatic carbocycles. The van der Waals surface area contributed by atoms with E-state index in [0.717, 1.165) is 12.1 Å². The first-order valence-electron chi connectivity index (χ1n) is 8.12. The third kappa shape index (κ3) is 6.02. The van der Waals surface area contributed by atoms with Gasteiger partial charge in [-0.2, -0.15) is 16.5 Å². The molecule has 0 aliphatic rings. The van der Waals surface area contributed by atoms with Gasteiger partial charge < -0.3 is 5.32 Å². The number of nitrogens with one attached hydrogen (secondary N) is 2. The average Bonchev–Trinajstić information content (AvgIpc) is 2.64. The van der Waals surface area contributed by atoms with E-state index in [4.69, 9.17) is 0 Å². The standard InChI is InChI=1S/C18H20F2N2O3S2/c1-26-11-10-16(18(23)21-12-13-6-2-3-7-14(13)19)22-27(24,25)17-9-5-4-8-15(17)20/h2-9,16,22H,10-12H2,1H3,(H,21,23). The number of carbonyl (C=O) groups excluding carboxylic acids is 1. The first-order valence-corrected chi connectivity index (χ1v) is 11.0. The van der Waals surface area contributed by atoms with Gasteiger partial charge in [0.2, 0.25) is 15.9 Å². The van der Waals surface area contributed by atoms with Crippen LogP contribution in [-0.2, 0) is 21.4 Å². The summed E-state index contributed by atoms with van der Waals surface area (Å²) in [4.78, 5) is 11.9.